The van der Waals surface area contributed by atoms with Gasteiger partial charge in [-0.1, -0.05) is 19.1 Å². The van der Waals surface area contributed by atoms with E-state index in [1.807, 2.05) is 12.3 Å². The van der Waals surface area contributed by atoms with E-state index in [-0.39, 0.29) is 0 Å². The minimum atomic E-state index is 0.468. The molecule has 1 N–H and O–H groups in total. The number of nitrogens with zero attached hydrogens (tertiary/aromatic N) is 2. The molecule has 0 bridgehead atoms. The highest BCUT2D eigenvalue weighted by Gasteiger charge is 2.24. The molecule has 1 aromatic carbocycles. The monoisotopic (exact) mass is 333 g/mol. The Bertz CT molecular complexity index is 591. The van der Waals surface area contributed by atoms with Crippen molar-refractivity contribution in [2.24, 2.45) is 0 Å². The van der Waals surface area contributed by atoms with Crippen LogP contribution >= 0.6 is 15.9 Å². The van der Waals surface area contributed by atoms with Crippen LogP contribution in [0.2, 0.25) is 0 Å². The van der Waals surface area contributed by atoms with Crippen LogP contribution in [-0.2, 0) is 6.42 Å². The summed E-state index contributed by atoms with van der Waals surface area (Å²) in [6.07, 6.45) is 6.77. The minimum absolute atomic E-state index is 0.468. The molecule has 0 amide bonds. The molecule has 4 heteroatoms. The summed E-state index contributed by atoms with van der Waals surface area (Å²) in [5, 5.41) is 8.28. The van der Waals surface area contributed by atoms with Crippen molar-refractivity contribution < 1.29 is 0 Å². The smallest absolute Gasteiger partial charge is 0.0790 e. The van der Waals surface area contributed by atoms with E-state index < -0.39 is 0 Å². The first kappa shape index (κ1) is 13.8. The number of benzene rings is 1. The van der Waals surface area contributed by atoms with Crippen LogP contribution in [0.5, 0.6) is 0 Å². The maximum absolute atomic E-state index is 4.63. The van der Waals surface area contributed by atoms with Crippen molar-refractivity contribution in [3.05, 3.63) is 46.2 Å². The van der Waals surface area contributed by atoms with Gasteiger partial charge in [0.1, 0.15) is 0 Å². The van der Waals surface area contributed by atoms with Crippen LogP contribution in [-0.4, -0.2) is 16.3 Å². The molecule has 0 radical (unpaired) electrons. The molecule has 1 aliphatic rings. The third-order valence-corrected chi connectivity index (χ3v) is 4.57. The molecule has 3 nitrogen and oxygen atoms in total. The number of hydrogen-bond donors (Lipinski definition) is 1. The van der Waals surface area contributed by atoms with Crippen molar-refractivity contribution in [1.29, 1.82) is 0 Å². The predicted molar refractivity (Wildman–Crippen MR) is 85.2 cm³/mol. The third-order valence-electron chi connectivity index (χ3n) is 3.90. The van der Waals surface area contributed by atoms with Gasteiger partial charge in [-0.2, -0.15) is 5.10 Å². The van der Waals surface area contributed by atoms with Gasteiger partial charge in [-0.15, -0.1) is 0 Å². The van der Waals surface area contributed by atoms with Gasteiger partial charge in [0.2, 0.25) is 0 Å². The van der Waals surface area contributed by atoms with Crippen LogP contribution in [0.3, 0.4) is 0 Å². The first-order valence-electron chi connectivity index (χ1n) is 7.36. The summed E-state index contributed by atoms with van der Waals surface area (Å²) in [4.78, 5) is 0. The number of rotatable bonds is 4. The quantitative estimate of drug-likeness (QED) is 0.915. The van der Waals surface area contributed by atoms with E-state index in [9.17, 15) is 0 Å². The number of halogens is 1. The van der Waals surface area contributed by atoms with Gasteiger partial charge in [-0.05, 0) is 60.3 Å². The van der Waals surface area contributed by atoms with Crippen LogP contribution in [0.4, 0.5) is 0 Å². The molecule has 1 aliphatic carbocycles. The molecule has 0 fully saturated rings. The molecule has 3 rings (SSSR count). The van der Waals surface area contributed by atoms with Crippen molar-refractivity contribution >= 4 is 15.9 Å². The second-order valence-corrected chi connectivity index (χ2v) is 6.16. The van der Waals surface area contributed by atoms with Gasteiger partial charge in [0.15, 0.2) is 0 Å². The zero-order valence-corrected chi connectivity index (χ0v) is 13.4. The number of hydrogen-bond acceptors (Lipinski definition) is 2. The van der Waals surface area contributed by atoms with Crippen LogP contribution in [0.1, 0.15) is 43.5 Å². The van der Waals surface area contributed by atoms with Gasteiger partial charge >= 0.3 is 0 Å². The lowest BCUT2D eigenvalue weighted by molar-refractivity contribution is 0.456. The first-order chi connectivity index (χ1) is 9.81. The lowest BCUT2D eigenvalue weighted by Gasteiger charge is -2.24. The zero-order chi connectivity index (χ0) is 13.9. The molecule has 1 heterocycles. The molecular weight excluding hydrogens is 314 g/mol. The van der Waals surface area contributed by atoms with Crippen molar-refractivity contribution in [2.75, 3.05) is 6.54 Å². The van der Waals surface area contributed by atoms with Crippen molar-refractivity contribution in [3.8, 4) is 5.69 Å². The topological polar surface area (TPSA) is 29.9 Å². The van der Waals surface area contributed by atoms with E-state index in [1.54, 1.807) is 0 Å². The summed E-state index contributed by atoms with van der Waals surface area (Å²) >= 11 is 3.63. The second kappa shape index (κ2) is 6.10. The molecule has 106 valence electrons. The summed E-state index contributed by atoms with van der Waals surface area (Å²) in [5.41, 5.74) is 3.86. The summed E-state index contributed by atoms with van der Waals surface area (Å²) in [6, 6.07) is 8.74. The van der Waals surface area contributed by atoms with E-state index >= 15 is 0 Å². The number of aromatic nitrogens is 2. The molecule has 2 aromatic rings. The Morgan fingerprint density at radius 1 is 1.40 bits per heavy atom. The number of fused-ring (bicyclic) bond motifs is 1. The first-order valence-corrected chi connectivity index (χ1v) is 8.15. The largest absolute Gasteiger partial charge is 0.310 e. The average molecular weight is 334 g/mol. The summed E-state index contributed by atoms with van der Waals surface area (Å²) in [7, 11) is 0. The van der Waals surface area contributed by atoms with Gasteiger partial charge in [0.25, 0.3) is 0 Å². The SMILES string of the molecule is CCCNC1CCCc2c1cnn2-c1ccccc1Br. The minimum Gasteiger partial charge on any atom is -0.310 e. The van der Waals surface area contributed by atoms with E-state index in [0.717, 1.165) is 23.1 Å². The number of para-hydroxylation sites is 1. The molecule has 0 aliphatic heterocycles. The van der Waals surface area contributed by atoms with Crippen molar-refractivity contribution in [3.63, 3.8) is 0 Å². The Balaban J connectivity index is 1.96. The van der Waals surface area contributed by atoms with E-state index in [4.69, 9.17) is 0 Å². The fourth-order valence-electron chi connectivity index (χ4n) is 2.92. The second-order valence-electron chi connectivity index (χ2n) is 5.31. The summed E-state index contributed by atoms with van der Waals surface area (Å²) in [5.74, 6) is 0. The molecule has 0 saturated carbocycles. The third kappa shape index (κ3) is 2.54. The fraction of sp³-hybridized carbons (Fsp3) is 0.438. The fourth-order valence-corrected chi connectivity index (χ4v) is 3.37. The van der Waals surface area contributed by atoms with Crippen LogP contribution in [0.25, 0.3) is 5.69 Å². The maximum atomic E-state index is 4.63. The molecule has 0 saturated heterocycles. The number of nitrogens with one attached hydrogen (secondary N) is 1. The molecule has 1 atom stereocenters. The van der Waals surface area contributed by atoms with Crippen molar-refractivity contribution in [1.82, 2.24) is 15.1 Å². The Labute approximate surface area is 128 Å². The van der Waals surface area contributed by atoms with E-state index in [2.05, 4.69) is 56.2 Å². The molecule has 1 aromatic heterocycles. The van der Waals surface area contributed by atoms with Gasteiger partial charge in [0.05, 0.1) is 11.9 Å². The summed E-state index contributed by atoms with van der Waals surface area (Å²) < 4.78 is 3.19. The highest BCUT2D eigenvalue weighted by Crippen LogP contribution is 2.32. The Morgan fingerprint density at radius 2 is 2.25 bits per heavy atom. The average Bonchev–Trinajstić information content (AvgIpc) is 2.90. The van der Waals surface area contributed by atoms with Gasteiger partial charge in [-0.3, -0.25) is 0 Å². The molecule has 1 unspecified atom stereocenters. The predicted octanol–water partition coefficient (Wildman–Crippen LogP) is 4.01. The highest BCUT2D eigenvalue weighted by atomic mass is 79.9. The highest BCUT2D eigenvalue weighted by molar-refractivity contribution is 9.10. The molecular formula is C16H20BrN3. The molecule has 0 spiro atoms. The standard InChI is InChI=1S/C16H20BrN3/c1-2-10-18-14-7-5-9-15-12(14)11-19-20(15)16-8-4-3-6-13(16)17/h3-4,6,8,11,14,18H,2,5,7,9-10H2,1H3. The zero-order valence-electron chi connectivity index (χ0n) is 11.8. The van der Waals surface area contributed by atoms with Gasteiger partial charge in [0, 0.05) is 21.8 Å². The van der Waals surface area contributed by atoms with Crippen LogP contribution in [0, 0.1) is 0 Å². The van der Waals surface area contributed by atoms with Crippen LogP contribution in [0.15, 0.2) is 34.9 Å². The Kier molecular flexibility index (Phi) is 4.22. The van der Waals surface area contributed by atoms with E-state index in [0.29, 0.717) is 6.04 Å². The van der Waals surface area contributed by atoms with Crippen molar-refractivity contribution in [2.45, 2.75) is 38.6 Å². The van der Waals surface area contributed by atoms with Crippen LogP contribution < -0.4 is 5.32 Å². The van der Waals surface area contributed by atoms with E-state index in [1.165, 1.54) is 30.5 Å². The Morgan fingerprint density at radius 3 is 3.05 bits per heavy atom. The lowest BCUT2D eigenvalue weighted by Crippen LogP contribution is -2.25. The normalized spacial score (nSPS) is 18.0. The maximum Gasteiger partial charge on any atom is 0.0790 e. The molecule has 20 heavy (non-hydrogen) atoms. The lowest BCUT2D eigenvalue weighted by atomic mass is 9.93. The summed E-state index contributed by atoms with van der Waals surface area (Å²) in [6.45, 7) is 3.28. The van der Waals surface area contributed by atoms with Gasteiger partial charge < -0.3 is 5.32 Å². The van der Waals surface area contributed by atoms with Gasteiger partial charge in [-0.25, -0.2) is 4.68 Å². The Hall–Kier alpha value is -1.13.